The molecular formula is C18H24FN5O2S. The third-order valence-corrected chi connectivity index (χ3v) is 5.23. The molecule has 7 nitrogen and oxygen atoms in total. The van der Waals surface area contributed by atoms with E-state index in [2.05, 4.69) is 25.2 Å². The van der Waals surface area contributed by atoms with Crippen molar-refractivity contribution in [1.82, 2.24) is 19.9 Å². The molecule has 0 radical (unpaired) electrons. The fourth-order valence-corrected chi connectivity index (χ4v) is 4.04. The first-order valence-corrected chi connectivity index (χ1v) is 9.74. The van der Waals surface area contributed by atoms with Crippen LogP contribution in [0.5, 0.6) is 5.88 Å². The number of amides is 1. The summed E-state index contributed by atoms with van der Waals surface area (Å²) in [6.45, 7) is 7.42. The van der Waals surface area contributed by atoms with Crippen LogP contribution in [-0.4, -0.2) is 51.6 Å². The first-order chi connectivity index (χ1) is 12.9. The summed E-state index contributed by atoms with van der Waals surface area (Å²) in [6.07, 6.45) is 1.35. The number of alkyl halides is 1. The maximum Gasteiger partial charge on any atom is 0.223 e. The van der Waals surface area contributed by atoms with E-state index in [1.165, 1.54) is 18.3 Å². The maximum atomic E-state index is 14.4. The number of halogens is 1. The van der Waals surface area contributed by atoms with Gasteiger partial charge in [-0.3, -0.25) is 9.69 Å². The Balaban J connectivity index is 1.55. The van der Waals surface area contributed by atoms with Gasteiger partial charge in [0.25, 0.3) is 0 Å². The number of nitrogens with zero attached hydrogens (tertiary/aromatic N) is 4. The van der Waals surface area contributed by atoms with E-state index in [1.54, 1.807) is 12.3 Å². The second kappa shape index (κ2) is 8.71. The van der Waals surface area contributed by atoms with Gasteiger partial charge in [0.05, 0.1) is 6.61 Å². The molecule has 1 amide bonds. The number of rotatable bonds is 6. The average molecular weight is 393 g/mol. The lowest BCUT2D eigenvalue weighted by molar-refractivity contribution is -0.114. The number of hydrogen-bond donors (Lipinski definition) is 1. The molecule has 0 aromatic carbocycles. The smallest absolute Gasteiger partial charge is 0.223 e. The molecule has 3 heterocycles. The van der Waals surface area contributed by atoms with Gasteiger partial charge in [-0.25, -0.2) is 14.4 Å². The molecule has 146 valence electrons. The number of thiazole rings is 1. The van der Waals surface area contributed by atoms with Crippen molar-refractivity contribution in [2.45, 2.75) is 39.9 Å². The molecule has 1 aliphatic heterocycles. The van der Waals surface area contributed by atoms with Crippen molar-refractivity contribution in [2.75, 3.05) is 25.0 Å². The van der Waals surface area contributed by atoms with Crippen molar-refractivity contribution in [1.29, 1.82) is 0 Å². The Morgan fingerprint density at radius 2 is 2.26 bits per heavy atom. The highest BCUT2D eigenvalue weighted by Gasteiger charge is 2.30. The van der Waals surface area contributed by atoms with Crippen LogP contribution in [-0.2, 0) is 11.3 Å². The average Bonchev–Trinajstić information content (AvgIpc) is 3.00. The van der Waals surface area contributed by atoms with E-state index in [1.807, 2.05) is 13.8 Å². The van der Waals surface area contributed by atoms with Crippen molar-refractivity contribution in [2.24, 2.45) is 5.92 Å². The van der Waals surface area contributed by atoms with Crippen LogP contribution in [0.3, 0.4) is 0 Å². The van der Waals surface area contributed by atoms with Crippen molar-refractivity contribution in [3.8, 4) is 5.88 Å². The molecule has 1 fully saturated rings. The number of nitrogens with one attached hydrogen (secondary N) is 1. The number of carbonyl (C=O) groups is 1. The van der Waals surface area contributed by atoms with E-state index in [0.717, 1.165) is 10.6 Å². The Morgan fingerprint density at radius 3 is 3.00 bits per heavy atom. The lowest BCUT2D eigenvalue weighted by atomic mass is 9.97. The Bertz CT molecular complexity index is 780. The van der Waals surface area contributed by atoms with Gasteiger partial charge in [-0.15, -0.1) is 11.3 Å². The molecule has 3 rings (SSSR count). The Labute approximate surface area is 162 Å². The molecule has 0 spiro atoms. The minimum atomic E-state index is -0.887. The SMILES string of the molecule is CC(=O)Nc1ncc(CN2CCC(F)C(COc3cc(C)nc(C)n3)C2)s1. The van der Waals surface area contributed by atoms with Crippen LogP contribution in [0.1, 0.15) is 29.7 Å². The zero-order chi connectivity index (χ0) is 19.4. The summed E-state index contributed by atoms with van der Waals surface area (Å²) in [5.74, 6) is 0.789. The highest BCUT2D eigenvalue weighted by Crippen LogP contribution is 2.25. The van der Waals surface area contributed by atoms with Crippen molar-refractivity contribution < 1.29 is 13.9 Å². The van der Waals surface area contributed by atoms with Crippen LogP contribution >= 0.6 is 11.3 Å². The standard InChI is InChI=1S/C18H24FN5O2S/c1-11-6-17(22-12(2)21-11)26-10-14-8-24(5-4-16(14)19)9-15-7-20-18(27-15)23-13(3)25/h6-7,14,16H,4-5,8-10H2,1-3H3,(H,20,23,25). The van der Waals surface area contributed by atoms with Crippen LogP contribution in [0.15, 0.2) is 12.3 Å². The summed E-state index contributed by atoms with van der Waals surface area (Å²) >= 11 is 1.44. The maximum absolute atomic E-state index is 14.4. The molecule has 9 heteroatoms. The summed E-state index contributed by atoms with van der Waals surface area (Å²) in [4.78, 5) is 27.0. The summed E-state index contributed by atoms with van der Waals surface area (Å²) in [6, 6.07) is 1.77. The number of carbonyl (C=O) groups excluding carboxylic acids is 1. The summed E-state index contributed by atoms with van der Waals surface area (Å²) in [5.41, 5.74) is 0.833. The van der Waals surface area contributed by atoms with Gasteiger partial charge in [-0.05, 0) is 20.3 Å². The first-order valence-electron chi connectivity index (χ1n) is 8.93. The fourth-order valence-electron chi connectivity index (χ4n) is 3.14. The van der Waals surface area contributed by atoms with E-state index < -0.39 is 6.17 Å². The van der Waals surface area contributed by atoms with Crippen LogP contribution < -0.4 is 10.1 Å². The van der Waals surface area contributed by atoms with Crippen molar-refractivity contribution in [3.63, 3.8) is 0 Å². The number of aromatic nitrogens is 3. The predicted octanol–water partition coefficient (Wildman–Crippen LogP) is 2.75. The minimum absolute atomic E-state index is 0.137. The number of likely N-dealkylation sites (tertiary alicyclic amines) is 1. The molecule has 0 saturated carbocycles. The quantitative estimate of drug-likeness (QED) is 0.813. The lowest BCUT2D eigenvalue weighted by Gasteiger charge is -2.34. The van der Waals surface area contributed by atoms with E-state index in [-0.39, 0.29) is 18.4 Å². The van der Waals surface area contributed by atoms with Gasteiger partial charge in [0, 0.05) is 55.3 Å². The van der Waals surface area contributed by atoms with Gasteiger partial charge in [-0.2, -0.15) is 4.98 Å². The molecule has 1 saturated heterocycles. The van der Waals surface area contributed by atoms with Gasteiger partial charge in [0.1, 0.15) is 12.0 Å². The molecule has 27 heavy (non-hydrogen) atoms. The lowest BCUT2D eigenvalue weighted by Crippen LogP contribution is -2.43. The monoisotopic (exact) mass is 393 g/mol. The van der Waals surface area contributed by atoms with Crippen LogP contribution in [0.2, 0.25) is 0 Å². The van der Waals surface area contributed by atoms with Gasteiger partial charge in [-0.1, -0.05) is 0 Å². The van der Waals surface area contributed by atoms with Gasteiger partial charge < -0.3 is 10.1 Å². The first kappa shape index (κ1) is 19.6. The molecule has 1 aliphatic rings. The predicted molar refractivity (Wildman–Crippen MR) is 102 cm³/mol. The van der Waals surface area contributed by atoms with Gasteiger partial charge in [0.15, 0.2) is 5.13 Å². The van der Waals surface area contributed by atoms with Gasteiger partial charge >= 0.3 is 0 Å². The molecule has 0 bridgehead atoms. The summed E-state index contributed by atoms with van der Waals surface area (Å²) in [5, 5.41) is 3.27. The minimum Gasteiger partial charge on any atom is -0.477 e. The van der Waals surface area contributed by atoms with Crippen molar-refractivity contribution in [3.05, 3.63) is 28.7 Å². The van der Waals surface area contributed by atoms with Crippen LogP contribution in [0, 0.1) is 19.8 Å². The number of piperidine rings is 1. The highest BCUT2D eigenvalue weighted by molar-refractivity contribution is 7.15. The Kier molecular flexibility index (Phi) is 6.33. The Hall–Kier alpha value is -2.13. The number of anilines is 1. The topological polar surface area (TPSA) is 80.2 Å². The normalized spacial score (nSPS) is 20.4. The largest absolute Gasteiger partial charge is 0.477 e. The summed E-state index contributed by atoms with van der Waals surface area (Å²) in [7, 11) is 0. The molecule has 2 atom stereocenters. The highest BCUT2D eigenvalue weighted by atomic mass is 32.1. The third-order valence-electron chi connectivity index (χ3n) is 4.33. The van der Waals surface area contributed by atoms with E-state index >= 15 is 0 Å². The zero-order valence-electron chi connectivity index (χ0n) is 15.7. The molecule has 2 unspecified atom stereocenters. The van der Waals surface area contributed by atoms with Crippen LogP contribution in [0.4, 0.5) is 9.52 Å². The molecule has 0 aliphatic carbocycles. The third kappa shape index (κ3) is 5.67. The van der Waals surface area contributed by atoms with Crippen LogP contribution in [0.25, 0.3) is 0 Å². The molecular weight excluding hydrogens is 369 g/mol. The number of hydrogen-bond acceptors (Lipinski definition) is 7. The molecule has 1 N–H and O–H groups in total. The molecule has 2 aromatic rings. The summed E-state index contributed by atoms with van der Waals surface area (Å²) < 4.78 is 20.1. The number of ether oxygens (including phenoxy) is 1. The van der Waals surface area contributed by atoms with E-state index in [0.29, 0.717) is 42.9 Å². The van der Waals surface area contributed by atoms with E-state index in [4.69, 9.17) is 4.74 Å². The van der Waals surface area contributed by atoms with E-state index in [9.17, 15) is 9.18 Å². The Morgan fingerprint density at radius 1 is 1.44 bits per heavy atom. The van der Waals surface area contributed by atoms with Gasteiger partial charge in [0.2, 0.25) is 11.8 Å². The molecule has 2 aromatic heterocycles. The second-order valence-electron chi connectivity index (χ2n) is 6.82. The number of aryl methyl sites for hydroxylation is 2. The zero-order valence-corrected chi connectivity index (χ0v) is 16.6. The second-order valence-corrected chi connectivity index (χ2v) is 7.93. The fraction of sp³-hybridized carbons (Fsp3) is 0.556. The van der Waals surface area contributed by atoms with Crippen molar-refractivity contribution >= 4 is 22.4 Å².